The minimum atomic E-state index is 0.676. The van der Waals surface area contributed by atoms with E-state index in [0.717, 1.165) is 22.2 Å². The number of allylic oxidation sites excluding steroid dienone is 1. The Morgan fingerprint density at radius 3 is 3.00 bits per heavy atom. The van der Waals surface area contributed by atoms with Crippen molar-refractivity contribution in [1.29, 1.82) is 0 Å². The van der Waals surface area contributed by atoms with Crippen molar-refractivity contribution >= 4 is 21.5 Å². The topological polar surface area (TPSA) is 39.2 Å². The average molecular weight is 230 g/mol. The maximum atomic E-state index is 5.38. The van der Waals surface area contributed by atoms with Crippen molar-refractivity contribution in [1.82, 2.24) is 0 Å². The minimum Gasteiger partial charge on any atom is -0.464 e. The van der Waals surface area contributed by atoms with Gasteiger partial charge in [-0.05, 0) is 47.5 Å². The number of furan rings is 1. The highest BCUT2D eigenvalue weighted by molar-refractivity contribution is 9.10. The first-order chi connectivity index (χ1) is 5.75. The van der Waals surface area contributed by atoms with Crippen LogP contribution in [0.15, 0.2) is 27.3 Å². The van der Waals surface area contributed by atoms with Crippen LogP contribution in [0.4, 0.5) is 0 Å². The van der Waals surface area contributed by atoms with Crippen LogP contribution in [0.1, 0.15) is 19.1 Å². The van der Waals surface area contributed by atoms with Gasteiger partial charge in [0, 0.05) is 0 Å². The van der Waals surface area contributed by atoms with E-state index in [1.54, 1.807) is 6.26 Å². The molecular formula is C9H12BrNO. The molecule has 66 valence electrons. The standard InChI is InChI=1S/C9H12BrNO/c1-7(3-2-5-11)9-8(10)4-6-12-9/h3-4,6H,2,5,11H2,1H3/b7-3-. The molecule has 1 heterocycles. The second-order valence-corrected chi connectivity index (χ2v) is 3.42. The number of halogens is 1. The second-order valence-electron chi connectivity index (χ2n) is 2.56. The fourth-order valence-corrected chi connectivity index (χ4v) is 1.48. The van der Waals surface area contributed by atoms with Crippen molar-refractivity contribution < 1.29 is 4.42 Å². The van der Waals surface area contributed by atoms with Crippen LogP contribution in [0.3, 0.4) is 0 Å². The lowest BCUT2D eigenvalue weighted by molar-refractivity contribution is 0.551. The lowest BCUT2D eigenvalue weighted by Crippen LogP contribution is -1.95. The van der Waals surface area contributed by atoms with E-state index in [1.807, 2.05) is 13.0 Å². The Morgan fingerprint density at radius 2 is 2.50 bits per heavy atom. The molecular weight excluding hydrogens is 218 g/mol. The lowest BCUT2D eigenvalue weighted by Gasteiger charge is -1.96. The monoisotopic (exact) mass is 229 g/mol. The number of hydrogen-bond acceptors (Lipinski definition) is 2. The fourth-order valence-electron chi connectivity index (χ4n) is 0.968. The van der Waals surface area contributed by atoms with Crippen LogP contribution in [-0.4, -0.2) is 6.54 Å². The summed E-state index contributed by atoms with van der Waals surface area (Å²) in [6.45, 7) is 2.69. The molecule has 1 aromatic heterocycles. The lowest BCUT2D eigenvalue weighted by atomic mass is 10.2. The van der Waals surface area contributed by atoms with Crippen LogP contribution in [0.2, 0.25) is 0 Å². The van der Waals surface area contributed by atoms with Crippen LogP contribution in [0, 0.1) is 0 Å². The summed E-state index contributed by atoms with van der Waals surface area (Å²) in [5.74, 6) is 0.892. The largest absolute Gasteiger partial charge is 0.464 e. The van der Waals surface area contributed by atoms with E-state index < -0.39 is 0 Å². The van der Waals surface area contributed by atoms with E-state index in [2.05, 4.69) is 22.0 Å². The molecule has 0 fully saturated rings. The van der Waals surface area contributed by atoms with Gasteiger partial charge in [-0.3, -0.25) is 0 Å². The van der Waals surface area contributed by atoms with E-state index in [9.17, 15) is 0 Å². The van der Waals surface area contributed by atoms with Crippen molar-refractivity contribution in [3.05, 3.63) is 28.6 Å². The summed E-state index contributed by atoms with van der Waals surface area (Å²) in [6.07, 6.45) is 4.63. The molecule has 2 N–H and O–H groups in total. The molecule has 0 saturated carbocycles. The third-order valence-electron chi connectivity index (χ3n) is 1.59. The molecule has 0 radical (unpaired) electrons. The van der Waals surface area contributed by atoms with Crippen LogP contribution >= 0.6 is 15.9 Å². The smallest absolute Gasteiger partial charge is 0.143 e. The van der Waals surface area contributed by atoms with Crippen molar-refractivity contribution in [3.8, 4) is 0 Å². The maximum absolute atomic E-state index is 5.38. The van der Waals surface area contributed by atoms with Gasteiger partial charge in [0.05, 0.1) is 10.7 Å². The third kappa shape index (κ3) is 2.22. The Hall–Kier alpha value is -0.540. The van der Waals surface area contributed by atoms with Gasteiger partial charge in [0.1, 0.15) is 5.76 Å². The molecule has 0 aliphatic rings. The molecule has 0 bridgehead atoms. The van der Waals surface area contributed by atoms with Gasteiger partial charge in [0.25, 0.3) is 0 Å². The van der Waals surface area contributed by atoms with Gasteiger partial charge < -0.3 is 10.2 Å². The Bertz CT molecular complexity index is 278. The van der Waals surface area contributed by atoms with Gasteiger partial charge in [-0.1, -0.05) is 6.08 Å². The van der Waals surface area contributed by atoms with Crippen molar-refractivity contribution in [3.63, 3.8) is 0 Å². The van der Waals surface area contributed by atoms with Gasteiger partial charge in [-0.25, -0.2) is 0 Å². The summed E-state index contributed by atoms with van der Waals surface area (Å²) >= 11 is 3.39. The zero-order chi connectivity index (χ0) is 8.97. The van der Waals surface area contributed by atoms with Crippen molar-refractivity contribution in [2.24, 2.45) is 5.73 Å². The van der Waals surface area contributed by atoms with Gasteiger partial charge >= 0.3 is 0 Å². The second kappa shape index (κ2) is 4.48. The van der Waals surface area contributed by atoms with Crippen LogP contribution < -0.4 is 5.73 Å². The maximum Gasteiger partial charge on any atom is 0.143 e. The number of rotatable bonds is 3. The molecule has 0 saturated heterocycles. The van der Waals surface area contributed by atoms with E-state index in [0.29, 0.717) is 6.54 Å². The van der Waals surface area contributed by atoms with Crippen LogP contribution in [0.5, 0.6) is 0 Å². The molecule has 1 aromatic rings. The first-order valence-corrected chi connectivity index (χ1v) is 4.65. The SMILES string of the molecule is C/C(=C/CCN)c1occc1Br. The molecule has 1 rings (SSSR count). The Labute approximate surface area is 80.6 Å². The zero-order valence-electron chi connectivity index (χ0n) is 7.01. The fraction of sp³-hybridized carbons (Fsp3) is 0.333. The molecule has 0 aliphatic heterocycles. The van der Waals surface area contributed by atoms with Gasteiger partial charge in [-0.2, -0.15) is 0 Å². The van der Waals surface area contributed by atoms with Gasteiger partial charge in [-0.15, -0.1) is 0 Å². The van der Waals surface area contributed by atoms with Gasteiger partial charge in [0.15, 0.2) is 0 Å². The summed E-state index contributed by atoms with van der Waals surface area (Å²) in [5.41, 5.74) is 6.50. The Kier molecular flexibility index (Phi) is 3.56. The van der Waals surface area contributed by atoms with Gasteiger partial charge in [0.2, 0.25) is 0 Å². The highest BCUT2D eigenvalue weighted by Crippen LogP contribution is 2.24. The summed E-state index contributed by atoms with van der Waals surface area (Å²) in [6, 6.07) is 1.88. The predicted octanol–water partition coefficient (Wildman–Crippen LogP) is 2.79. The summed E-state index contributed by atoms with van der Waals surface area (Å²) in [5, 5.41) is 0. The van der Waals surface area contributed by atoms with Crippen molar-refractivity contribution in [2.45, 2.75) is 13.3 Å². The minimum absolute atomic E-state index is 0.676. The first-order valence-electron chi connectivity index (χ1n) is 3.86. The normalized spacial score (nSPS) is 12.1. The highest BCUT2D eigenvalue weighted by atomic mass is 79.9. The highest BCUT2D eigenvalue weighted by Gasteiger charge is 2.03. The molecule has 0 unspecified atom stereocenters. The molecule has 0 aromatic carbocycles. The van der Waals surface area contributed by atoms with E-state index >= 15 is 0 Å². The third-order valence-corrected chi connectivity index (χ3v) is 2.22. The summed E-state index contributed by atoms with van der Waals surface area (Å²) in [7, 11) is 0. The Balaban J connectivity index is 2.77. The number of nitrogens with two attached hydrogens (primary N) is 1. The van der Waals surface area contributed by atoms with Crippen LogP contribution in [0.25, 0.3) is 5.57 Å². The average Bonchev–Trinajstić information content (AvgIpc) is 2.47. The summed E-state index contributed by atoms with van der Waals surface area (Å²) < 4.78 is 6.26. The van der Waals surface area contributed by atoms with E-state index in [-0.39, 0.29) is 0 Å². The molecule has 0 spiro atoms. The number of hydrogen-bond donors (Lipinski definition) is 1. The molecule has 12 heavy (non-hydrogen) atoms. The molecule has 0 amide bonds. The molecule has 0 atom stereocenters. The first kappa shape index (κ1) is 9.55. The summed E-state index contributed by atoms with van der Waals surface area (Å²) in [4.78, 5) is 0. The predicted molar refractivity (Wildman–Crippen MR) is 53.7 cm³/mol. The van der Waals surface area contributed by atoms with E-state index in [1.165, 1.54) is 0 Å². The quantitative estimate of drug-likeness (QED) is 0.867. The van der Waals surface area contributed by atoms with E-state index in [4.69, 9.17) is 10.2 Å². The van der Waals surface area contributed by atoms with Crippen molar-refractivity contribution in [2.75, 3.05) is 6.54 Å². The zero-order valence-corrected chi connectivity index (χ0v) is 8.60. The van der Waals surface area contributed by atoms with Crippen LogP contribution in [-0.2, 0) is 0 Å². The molecule has 0 aliphatic carbocycles. The molecule has 2 nitrogen and oxygen atoms in total. The molecule has 3 heteroatoms. The Morgan fingerprint density at radius 1 is 1.75 bits per heavy atom.